The van der Waals surface area contributed by atoms with Gasteiger partial charge in [0, 0.05) is 12.2 Å². The van der Waals surface area contributed by atoms with Gasteiger partial charge < -0.3 is 5.73 Å². The first-order valence-electron chi connectivity index (χ1n) is 5.56. The molecule has 0 bridgehead atoms. The SMILES string of the molecule is Cc1[nH]ncc1CCCNS(=O)(=O)c1nnc(N)s1. The molecule has 0 spiro atoms. The van der Waals surface area contributed by atoms with Crippen LogP contribution in [-0.4, -0.2) is 35.4 Å². The van der Waals surface area contributed by atoms with Crippen molar-refractivity contribution in [2.24, 2.45) is 0 Å². The lowest BCUT2D eigenvalue weighted by atomic mass is 10.1. The Morgan fingerprint density at radius 3 is 2.84 bits per heavy atom. The maximum Gasteiger partial charge on any atom is 0.269 e. The Morgan fingerprint density at radius 2 is 2.26 bits per heavy atom. The van der Waals surface area contributed by atoms with Crippen molar-refractivity contribution in [2.75, 3.05) is 12.3 Å². The van der Waals surface area contributed by atoms with E-state index in [-0.39, 0.29) is 9.47 Å². The van der Waals surface area contributed by atoms with Crippen LogP contribution in [-0.2, 0) is 16.4 Å². The van der Waals surface area contributed by atoms with Gasteiger partial charge in [-0.25, -0.2) is 13.1 Å². The first kappa shape index (κ1) is 13.9. The first-order valence-corrected chi connectivity index (χ1v) is 7.86. The largest absolute Gasteiger partial charge is 0.374 e. The molecule has 10 heteroatoms. The molecule has 0 aliphatic carbocycles. The van der Waals surface area contributed by atoms with Crippen molar-refractivity contribution in [1.29, 1.82) is 0 Å². The summed E-state index contributed by atoms with van der Waals surface area (Å²) in [4.78, 5) is 0. The molecule has 19 heavy (non-hydrogen) atoms. The van der Waals surface area contributed by atoms with E-state index in [0.29, 0.717) is 13.0 Å². The van der Waals surface area contributed by atoms with E-state index < -0.39 is 10.0 Å². The number of sulfonamides is 1. The van der Waals surface area contributed by atoms with Crippen molar-refractivity contribution in [3.8, 4) is 0 Å². The van der Waals surface area contributed by atoms with Gasteiger partial charge >= 0.3 is 0 Å². The number of hydrogen-bond donors (Lipinski definition) is 3. The topological polar surface area (TPSA) is 127 Å². The summed E-state index contributed by atoms with van der Waals surface area (Å²) in [5.74, 6) is 0. The second-order valence-electron chi connectivity index (χ2n) is 3.93. The molecule has 0 unspecified atom stereocenters. The van der Waals surface area contributed by atoms with Crippen LogP contribution in [0.2, 0.25) is 0 Å². The van der Waals surface area contributed by atoms with Crippen LogP contribution < -0.4 is 10.5 Å². The molecule has 4 N–H and O–H groups in total. The molecule has 2 aromatic rings. The van der Waals surface area contributed by atoms with Crippen LogP contribution in [0.4, 0.5) is 5.13 Å². The lowest BCUT2D eigenvalue weighted by molar-refractivity contribution is 0.577. The highest BCUT2D eigenvalue weighted by Gasteiger charge is 2.18. The number of H-pyrrole nitrogens is 1. The number of aromatic amines is 1. The molecular formula is C9H14N6O2S2. The molecule has 0 saturated heterocycles. The third-order valence-corrected chi connectivity index (χ3v) is 5.08. The molecule has 0 aliphatic rings. The molecule has 0 saturated carbocycles. The second kappa shape index (κ2) is 5.63. The summed E-state index contributed by atoms with van der Waals surface area (Å²) in [6.45, 7) is 2.25. The summed E-state index contributed by atoms with van der Waals surface area (Å²) in [5.41, 5.74) is 7.44. The lowest BCUT2D eigenvalue weighted by Crippen LogP contribution is -2.25. The van der Waals surface area contributed by atoms with Gasteiger partial charge in [-0.05, 0) is 25.3 Å². The van der Waals surface area contributed by atoms with Gasteiger partial charge in [0.25, 0.3) is 10.0 Å². The zero-order chi connectivity index (χ0) is 13.9. The van der Waals surface area contributed by atoms with E-state index >= 15 is 0 Å². The van der Waals surface area contributed by atoms with Gasteiger partial charge in [0.2, 0.25) is 9.47 Å². The Kier molecular flexibility index (Phi) is 4.12. The average molecular weight is 302 g/mol. The minimum atomic E-state index is -3.60. The van der Waals surface area contributed by atoms with Gasteiger partial charge in [0.1, 0.15) is 0 Å². The fourth-order valence-corrected chi connectivity index (χ4v) is 3.40. The van der Waals surface area contributed by atoms with Crippen LogP contribution in [0.3, 0.4) is 0 Å². The van der Waals surface area contributed by atoms with E-state index in [1.54, 1.807) is 6.20 Å². The number of nitrogens with two attached hydrogens (primary N) is 1. The summed E-state index contributed by atoms with van der Waals surface area (Å²) in [6, 6.07) is 0. The van der Waals surface area contributed by atoms with E-state index in [4.69, 9.17) is 5.73 Å². The van der Waals surface area contributed by atoms with Crippen LogP contribution in [0, 0.1) is 6.92 Å². The molecule has 0 aromatic carbocycles. The quantitative estimate of drug-likeness (QED) is 0.648. The number of rotatable bonds is 6. The molecule has 0 atom stereocenters. The van der Waals surface area contributed by atoms with Crippen molar-refractivity contribution in [2.45, 2.75) is 24.1 Å². The first-order chi connectivity index (χ1) is 8.99. The normalized spacial score (nSPS) is 11.8. The van der Waals surface area contributed by atoms with Crippen LogP contribution in [0.15, 0.2) is 10.5 Å². The number of hydrogen-bond acceptors (Lipinski definition) is 7. The predicted molar refractivity (Wildman–Crippen MR) is 71.2 cm³/mol. The van der Waals surface area contributed by atoms with Crippen LogP contribution >= 0.6 is 11.3 Å². The maximum absolute atomic E-state index is 11.8. The van der Waals surface area contributed by atoms with E-state index in [2.05, 4.69) is 25.1 Å². The maximum atomic E-state index is 11.8. The number of aryl methyl sites for hydroxylation is 2. The summed E-state index contributed by atoms with van der Waals surface area (Å²) in [6.07, 6.45) is 3.17. The molecule has 2 aromatic heterocycles. The molecule has 0 amide bonds. The van der Waals surface area contributed by atoms with Crippen molar-refractivity contribution < 1.29 is 8.42 Å². The Morgan fingerprint density at radius 1 is 1.47 bits per heavy atom. The Hall–Kier alpha value is -1.52. The van der Waals surface area contributed by atoms with E-state index in [1.165, 1.54) is 0 Å². The summed E-state index contributed by atoms with van der Waals surface area (Å²) < 4.78 is 26.0. The molecular weight excluding hydrogens is 288 g/mol. The van der Waals surface area contributed by atoms with Gasteiger partial charge in [0.05, 0.1) is 6.20 Å². The second-order valence-corrected chi connectivity index (χ2v) is 6.88. The number of anilines is 1. The Labute approximate surface area is 114 Å². The fourth-order valence-electron chi connectivity index (χ4n) is 1.50. The van der Waals surface area contributed by atoms with Gasteiger partial charge in [-0.3, -0.25) is 5.10 Å². The molecule has 0 fully saturated rings. The fraction of sp³-hybridized carbons (Fsp3) is 0.444. The van der Waals surface area contributed by atoms with Gasteiger partial charge in [-0.15, -0.1) is 10.2 Å². The number of nitrogens with one attached hydrogen (secondary N) is 2. The third-order valence-electron chi connectivity index (χ3n) is 2.50. The predicted octanol–water partition coefficient (Wildman–Crippen LogP) is 0.0629. The van der Waals surface area contributed by atoms with Crippen molar-refractivity contribution in [3.05, 3.63) is 17.5 Å². The highest BCUT2D eigenvalue weighted by atomic mass is 32.2. The summed E-state index contributed by atoms with van der Waals surface area (Å²) in [5, 5.41) is 13.9. The zero-order valence-electron chi connectivity index (χ0n) is 10.3. The average Bonchev–Trinajstić information content (AvgIpc) is 2.94. The zero-order valence-corrected chi connectivity index (χ0v) is 11.9. The Balaban J connectivity index is 1.84. The third kappa shape index (κ3) is 3.49. The Bertz CT molecular complexity index is 647. The van der Waals surface area contributed by atoms with Gasteiger partial charge in [-0.1, -0.05) is 11.3 Å². The summed E-state index contributed by atoms with van der Waals surface area (Å²) >= 11 is 0.843. The van der Waals surface area contributed by atoms with Crippen LogP contribution in [0.5, 0.6) is 0 Å². The lowest BCUT2D eigenvalue weighted by Gasteiger charge is -2.03. The van der Waals surface area contributed by atoms with Crippen molar-refractivity contribution in [1.82, 2.24) is 25.1 Å². The molecule has 8 nitrogen and oxygen atoms in total. The van der Waals surface area contributed by atoms with Crippen molar-refractivity contribution >= 4 is 26.5 Å². The summed E-state index contributed by atoms with van der Waals surface area (Å²) in [7, 11) is -3.60. The van der Waals surface area contributed by atoms with E-state index in [0.717, 1.165) is 29.0 Å². The van der Waals surface area contributed by atoms with Crippen LogP contribution in [0.25, 0.3) is 0 Å². The molecule has 2 rings (SSSR count). The molecule has 0 radical (unpaired) electrons. The van der Waals surface area contributed by atoms with Crippen LogP contribution in [0.1, 0.15) is 17.7 Å². The van der Waals surface area contributed by atoms with Crippen molar-refractivity contribution in [3.63, 3.8) is 0 Å². The van der Waals surface area contributed by atoms with E-state index in [9.17, 15) is 8.42 Å². The monoisotopic (exact) mass is 302 g/mol. The van der Waals surface area contributed by atoms with Gasteiger partial charge in [-0.2, -0.15) is 5.10 Å². The molecule has 2 heterocycles. The van der Waals surface area contributed by atoms with E-state index in [1.807, 2.05) is 6.92 Å². The van der Waals surface area contributed by atoms with Gasteiger partial charge in [0.15, 0.2) is 0 Å². The minimum absolute atomic E-state index is 0.107. The standard InChI is InChI=1S/C9H14N6O2S2/c1-6-7(5-11-13-6)3-2-4-12-19(16,17)9-15-14-8(10)18-9/h5,12H,2-4H2,1H3,(H2,10,14)(H,11,13). The molecule has 0 aliphatic heterocycles. The number of nitrogens with zero attached hydrogens (tertiary/aromatic N) is 3. The number of nitrogen functional groups attached to an aromatic ring is 1. The number of aromatic nitrogens is 4. The minimum Gasteiger partial charge on any atom is -0.374 e. The highest BCUT2D eigenvalue weighted by molar-refractivity contribution is 7.91. The smallest absolute Gasteiger partial charge is 0.269 e. The highest BCUT2D eigenvalue weighted by Crippen LogP contribution is 2.16. The molecule has 104 valence electrons.